The van der Waals surface area contributed by atoms with Crippen LogP contribution in [0.25, 0.3) is 0 Å². The van der Waals surface area contributed by atoms with Gasteiger partial charge < -0.3 is 10.2 Å². The average molecular weight is 258 g/mol. The largest absolute Gasteiger partial charge is 0.394 e. The monoisotopic (exact) mass is 258 g/mol. The van der Waals surface area contributed by atoms with E-state index >= 15 is 0 Å². The summed E-state index contributed by atoms with van der Waals surface area (Å²) in [7, 11) is -3.18. The highest BCUT2D eigenvalue weighted by atomic mass is 32.2. The molecule has 96 valence electrons. The predicted molar refractivity (Wildman–Crippen MR) is 65.6 cm³/mol. The van der Waals surface area contributed by atoms with Crippen molar-refractivity contribution in [3.63, 3.8) is 0 Å². The van der Waals surface area contributed by atoms with Gasteiger partial charge in [0.05, 0.1) is 23.4 Å². The van der Waals surface area contributed by atoms with Gasteiger partial charge in [-0.1, -0.05) is 19.1 Å². The average Bonchev–Trinajstić information content (AvgIpc) is 2.36. The first-order valence-corrected chi connectivity index (χ1v) is 7.25. The molecule has 1 aromatic carbocycles. The Morgan fingerprint density at radius 3 is 2.65 bits per heavy atom. The molecule has 5 heteroatoms. The SMILES string of the molecule is CCS(=O)(=O)c1cccc(CCC(O)CO)c1. The van der Waals surface area contributed by atoms with E-state index in [-0.39, 0.29) is 12.4 Å². The van der Waals surface area contributed by atoms with Crippen LogP contribution >= 0.6 is 0 Å². The molecule has 2 N–H and O–H groups in total. The molecule has 0 radical (unpaired) electrons. The highest BCUT2D eigenvalue weighted by Gasteiger charge is 2.12. The highest BCUT2D eigenvalue weighted by Crippen LogP contribution is 2.14. The van der Waals surface area contributed by atoms with E-state index in [1.165, 1.54) is 0 Å². The summed E-state index contributed by atoms with van der Waals surface area (Å²) in [4.78, 5) is 0.316. The predicted octanol–water partition coefficient (Wildman–Crippen LogP) is 0.766. The van der Waals surface area contributed by atoms with Gasteiger partial charge in [-0.05, 0) is 30.5 Å². The number of aliphatic hydroxyl groups excluding tert-OH is 2. The third kappa shape index (κ3) is 4.11. The van der Waals surface area contributed by atoms with Crippen LogP contribution in [0.15, 0.2) is 29.2 Å². The summed E-state index contributed by atoms with van der Waals surface area (Å²) in [5, 5.41) is 17.9. The second-order valence-electron chi connectivity index (χ2n) is 3.93. The molecule has 1 rings (SSSR count). The van der Waals surface area contributed by atoms with E-state index in [2.05, 4.69) is 0 Å². The molecule has 1 unspecified atom stereocenters. The molecule has 4 nitrogen and oxygen atoms in total. The Labute approximate surface area is 102 Å². The van der Waals surface area contributed by atoms with E-state index in [0.29, 0.717) is 17.7 Å². The van der Waals surface area contributed by atoms with E-state index in [1.807, 2.05) is 6.07 Å². The van der Waals surface area contributed by atoms with E-state index < -0.39 is 15.9 Å². The van der Waals surface area contributed by atoms with Crippen LogP contribution in [0.4, 0.5) is 0 Å². The van der Waals surface area contributed by atoms with E-state index in [1.54, 1.807) is 25.1 Å². The molecule has 0 saturated heterocycles. The molecule has 0 aromatic heterocycles. The normalized spacial score (nSPS) is 13.6. The van der Waals surface area contributed by atoms with E-state index in [0.717, 1.165) is 5.56 Å². The number of benzene rings is 1. The quantitative estimate of drug-likeness (QED) is 0.790. The number of aryl methyl sites for hydroxylation is 1. The summed E-state index contributed by atoms with van der Waals surface area (Å²) < 4.78 is 23.3. The second kappa shape index (κ2) is 6.14. The third-order valence-corrected chi connectivity index (χ3v) is 4.35. The van der Waals surface area contributed by atoms with Gasteiger partial charge in [0.1, 0.15) is 0 Å². The number of rotatable bonds is 6. The lowest BCUT2D eigenvalue weighted by molar-refractivity contribution is 0.0886. The lowest BCUT2D eigenvalue weighted by Gasteiger charge is -2.08. The van der Waals surface area contributed by atoms with Gasteiger partial charge in [0, 0.05) is 0 Å². The van der Waals surface area contributed by atoms with Crippen molar-refractivity contribution in [2.24, 2.45) is 0 Å². The van der Waals surface area contributed by atoms with Gasteiger partial charge in [0.2, 0.25) is 0 Å². The van der Waals surface area contributed by atoms with Crippen LogP contribution in [0.3, 0.4) is 0 Å². The molecule has 0 amide bonds. The van der Waals surface area contributed by atoms with Crippen LogP contribution in [0.2, 0.25) is 0 Å². The van der Waals surface area contributed by atoms with Crippen LogP contribution in [0, 0.1) is 0 Å². The van der Waals surface area contributed by atoms with Crippen molar-refractivity contribution in [3.8, 4) is 0 Å². The molecule has 0 heterocycles. The van der Waals surface area contributed by atoms with Crippen molar-refractivity contribution < 1.29 is 18.6 Å². The first-order valence-electron chi connectivity index (χ1n) is 5.60. The Bertz CT molecular complexity index is 453. The number of hydrogen-bond donors (Lipinski definition) is 2. The molecule has 0 bridgehead atoms. The number of aliphatic hydroxyl groups is 2. The first kappa shape index (κ1) is 14.2. The Kier molecular flexibility index (Phi) is 5.11. The highest BCUT2D eigenvalue weighted by molar-refractivity contribution is 7.91. The maximum atomic E-state index is 11.7. The summed E-state index contributed by atoms with van der Waals surface area (Å²) in [6.45, 7) is 1.34. The minimum absolute atomic E-state index is 0.0791. The summed E-state index contributed by atoms with van der Waals surface area (Å²) >= 11 is 0. The summed E-state index contributed by atoms with van der Waals surface area (Å²) in [6.07, 6.45) is 0.224. The van der Waals surface area contributed by atoms with Crippen molar-refractivity contribution >= 4 is 9.84 Å². The minimum atomic E-state index is -3.18. The lowest BCUT2D eigenvalue weighted by atomic mass is 10.1. The molecule has 0 saturated carbocycles. The topological polar surface area (TPSA) is 74.6 Å². The summed E-state index contributed by atoms with van der Waals surface area (Å²) in [5.74, 6) is 0.0791. The van der Waals surface area contributed by atoms with Crippen molar-refractivity contribution in [1.29, 1.82) is 0 Å². The standard InChI is InChI=1S/C12H18O4S/c1-2-17(15,16)12-5-3-4-10(8-12)6-7-11(14)9-13/h3-5,8,11,13-14H,2,6-7,9H2,1H3. The Balaban J connectivity index is 2.80. The van der Waals surface area contributed by atoms with Crippen molar-refractivity contribution in [2.75, 3.05) is 12.4 Å². The summed E-state index contributed by atoms with van der Waals surface area (Å²) in [5.41, 5.74) is 0.854. The zero-order valence-electron chi connectivity index (χ0n) is 9.83. The van der Waals surface area contributed by atoms with Gasteiger partial charge in [-0.3, -0.25) is 0 Å². The van der Waals surface area contributed by atoms with Gasteiger partial charge in [0.15, 0.2) is 9.84 Å². The van der Waals surface area contributed by atoms with Crippen LogP contribution in [-0.2, 0) is 16.3 Å². The van der Waals surface area contributed by atoms with E-state index in [9.17, 15) is 13.5 Å². The molecular formula is C12H18O4S. The van der Waals surface area contributed by atoms with Crippen molar-refractivity contribution in [3.05, 3.63) is 29.8 Å². The number of sulfone groups is 1. The van der Waals surface area contributed by atoms with Crippen molar-refractivity contribution in [2.45, 2.75) is 30.8 Å². The molecular weight excluding hydrogens is 240 g/mol. The third-order valence-electron chi connectivity index (χ3n) is 2.61. The Morgan fingerprint density at radius 1 is 1.35 bits per heavy atom. The maximum absolute atomic E-state index is 11.7. The first-order chi connectivity index (χ1) is 7.99. The molecule has 0 fully saturated rings. The van der Waals surface area contributed by atoms with Crippen LogP contribution in [0.5, 0.6) is 0 Å². The smallest absolute Gasteiger partial charge is 0.178 e. The van der Waals surface area contributed by atoms with Crippen molar-refractivity contribution in [1.82, 2.24) is 0 Å². The molecule has 17 heavy (non-hydrogen) atoms. The van der Waals surface area contributed by atoms with Crippen LogP contribution in [-0.4, -0.2) is 37.1 Å². The molecule has 0 spiro atoms. The Morgan fingerprint density at radius 2 is 2.06 bits per heavy atom. The van der Waals surface area contributed by atoms with Crippen LogP contribution in [0.1, 0.15) is 18.9 Å². The van der Waals surface area contributed by atoms with Gasteiger partial charge in [-0.15, -0.1) is 0 Å². The van der Waals surface area contributed by atoms with Gasteiger partial charge >= 0.3 is 0 Å². The fourth-order valence-electron chi connectivity index (χ4n) is 1.49. The molecule has 1 aromatic rings. The van der Waals surface area contributed by atoms with Gasteiger partial charge in [-0.2, -0.15) is 0 Å². The van der Waals surface area contributed by atoms with Gasteiger partial charge in [-0.25, -0.2) is 8.42 Å². The Hall–Kier alpha value is -0.910. The molecule has 0 aliphatic rings. The lowest BCUT2D eigenvalue weighted by Crippen LogP contribution is -2.12. The second-order valence-corrected chi connectivity index (χ2v) is 6.20. The molecule has 1 atom stereocenters. The zero-order chi connectivity index (χ0) is 12.9. The zero-order valence-corrected chi connectivity index (χ0v) is 10.7. The van der Waals surface area contributed by atoms with Crippen LogP contribution < -0.4 is 0 Å². The molecule has 0 aliphatic carbocycles. The molecule has 0 aliphatic heterocycles. The van der Waals surface area contributed by atoms with Gasteiger partial charge in [0.25, 0.3) is 0 Å². The fraction of sp³-hybridized carbons (Fsp3) is 0.500. The maximum Gasteiger partial charge on any atom is 0.178 e. The van der Waals surface area contributed by atoms with E-state index in [4.69, 9.17) is 5.11 Å². The fourth-order valence-corrected chi connectivity index (χ4v) is 2.44. The number of hydrogen-bond acceptors (Lipinski definition) is 4. The minimum Gasteiger partial charge on any atom is -0.394 e. The summed E-state index contributed by atoms with van der Waals surface area (Å²) in [6, 6.07) is 6.72.